The number of hydrogen-bond acceptors (Lipinski definition) is 5. The number of halogens is 1. The van der Waals surface area contributed by atoms with Gasteiger partial charge in [-0.3, -0.25) is 19.7 Å². The predicted octanol–water partition coefficient (Wildman–Crippen LogP) is 2.95. The average molecular weight is 429 g/mol. The van der Waals surface area contributed by atoms with Gasteiger partial charge in [-0.25, -0.2) is 4.90 Å². The van der Waals surface area contributed by atoms with Crippen molar-refractivity contribution in [1.29, 1.82) is 0 Å². The summed E-state index contributed by atoms with van der Waals surface area (Å²) >= 11 is 6.21. The number of methoxy groups -OCH3 is 1. The van der Waals surface area contributed by atoms with E-state index in [0.717, 1.165) is 10.5 Å². The number of aryl methyl sites for hydroxylation is 1. The van der Waals surface area contributed by atoms with E-state index in [1.807, 2.05) is 6.92 Å². The summed E-state index contributed by atoms with van der Waals surface area (Å²) in [6, 6.07) is 11.3. The van der Waals surface area contributed by atoms with Gasteiger partial charge < -0.3 is 9.84 Å². The van der Waals surface area contributed by atoms with Gasteiger partial charge in [0, 0.05) is 16.6 Å². The van der Waals surface area contributed by atoms with Crippen LogP contribution in [0.3, 0.4) is 0 Å². The Morgan fingerprint density at radius 3 is 2.53 bits per heavy atom. The molecule has 2 aromatic rings. The Morgan fingerprint density at radius 1 is 1.20 bits per heavy atom. The molecule has 4 atom stereocenters. The number of carbonyl (C=O) groups is 3. The highest BCUT2D eigenvalue weighted by Crippen LogP contribution is 2.51. The number of rotatable bonds is 4. The van der Waals surface area contributed by atoms with E-state index in [1.54, 1.807) is 42.5 Å². The largest absolute Gasteiger partial charge is 0.496 e. The minimum atomic E-state index is -1.62. The van der Waals surface area contributed by atoms with Crippen LogP contribution in [0.15, 0.2) is 42.5 Å². The van der Waals surface area contributed by atoms with E-state index in [1.165, 1.54) is 14.0 Å². The van der Waals surface area contributed by atoms with Crippen LogP contribution in [0.2, 0.25) is 5.02 Å². The van der Waals surface area contributed by atoms with Gasteiger partial charge in [-0.2, -0.15) is 0 Å². The summed E-state index contributed by atoms with van der Waals surface area (Å²) in [6.07, 6.45) is 0. The molecule has 2 fully saturated rings. The highest BCUT2D eigenvalue weighted by molar-refractivity contribution is 6.32. The number of nitrogens with zero attached hydrogens (tertiary/aromatic N) is 1. The van der Waals surface area contributed by atoms with Gasteiger partial charge in [-0.15, -0.1) is 0 Å². The Kier molecular flexibility index (Phi) is 4.83. The molecule has 2 N–H and O–H groups in total. The van der Waals surface area contributed by atoms with Crippen LogP contribution in [0.4, 0.5) is 5.69 Å². The van der Waals surface area contributed by atoms with E-state index in [4.69, 9.17) is 16.3 Å². The first kappa shape index (κ1) is 20.4. The monoisotopic (exact) mass is 428 g/mol. The lowest BCUT2D eigenvalue weighted by Crippen LogP contribution is -2.53. The van der Waals surface area contributed by atoms with Crippen molar-refractivity contribution in [2.75, 3.05) is 12.0 Å². The lowest BCUT2D eigenvalue weighted by atomic mass is 9.80. The normalized spacial score (nSPS) is 28.0. The Labute approximate surface area is 178 Å². The van der Waals surface area contributed by atoms with E-state index in [0.29, 0.717) is 22.0 Å². The lowest BCUT2D eigenvalue weighted by molar-refractivity contribution is -0.147. The van der Waals surface area contributed by atoms with Crippen molar-refractivity contribution in [2.24, 2.45) is 11.8 Å². The van der Waals surface area contributed by atoms with Crippen molar-refractivity contribution in [3.05, 3.63) is 58.6 Å². The molecule has 30 heavy (non-hydrogen) atoms. The Hall–Kier alpha value is -2.90. The van der Waals surface area contributed by atoms with Gasteiger partial charge in [-0.05, 0) is 37.6 Å². The molecular formula is C22H21ClN2O5. The molecule has 4 rings (SSSR count). The number of amides is 2. The third-order valence-corrected chi connectivity index (χ3v) is 6.53. The van der Waals surface area contributed by atoms with Gasteiger partial charge in [0.25, 0.3) is 0 Å². The van der Waals surface area contributed by atoms with Crippen LogP contribution in [0.25, 0.3) is 0 Å². The first-order valence-electron chi connectivity index (χ1n) is 9.48. The SMILES string of the molecule is COc1ccccc1C1NC(C)(C(=O)O)C2C(=O)N(c3ccc(C)c(Cl)c3)C(=O)C12. The van der Waals surface area contributed by atoms with Crippen LogP contribution in [-0.2, 0) is 14.4 Å². The molecule has 4 unspecified atom stereocenters. The summed E-state index contributed by atoms with van der Waals surface area (Å²) in [7, 11) is 1.50. The van der Waals surface area contributed by atoms with E-state index in [9.17, 15) is 19.5 Å². The van der Waals surface area contributed by atoms with Gasteiger partial charge in [0.05, 0.1) is 24.6 Å². The number of ether oxygens (including phenoxy) is 1. The summed E-state index contributed by atoms with van der Waals surface area (Å²) in [4.78, 5) is 40.1. The van der Waals surface area contributed by atoms with E-state index in [2.05, 4.69) is 5.32 Å². The quantitative estimate of drug-likeness (QED) is 0.727. The predicted molar refractivity (Wildman–Crippen MR) is 111 cm³/mol. The summed E-state index contributed by atoms with van der Waals surface area (Å²) in [5.74, 6) is -3.66. The zero-order chi connectivity index (χ0) is 21.8. The van der Waals surface area contributed by atoms with Gasteiger partial charge in [0.2, 0.25) is 11.8 Å². The number of carboxylic acids is 1. The number of benzene rings is 2. The molecule has 0 bridgehead atoms. The molecule has 0 radical (unpaired) electrons. The average Bonchev–Trinajstić information content (AvgIpc) is 3.18. The lowest BCUT2D eigenvalue weighted by Gasteiger charge is -2.27. The number of anilines is 1. The molecule has 0 aromatic heterocycles. The number of fused-ring (bicyclic) bond motifs is 1. The molecule has 8 heteroatoms. The molecule has 2 aromatic carbocycles. The summed E-state index contributed by atoms with van der Waals surface area (Å²) in [6.45, 7) is 3.26. The maximum absolute atomic E-state index is 13.5. The standard InChI is InChI=1S/C22H21ClN2O5/c1-11-8-9-12(10-14(11)23)25-19(26)16-17(20(25)27)22(2,21(28)29)24-18(16)13-6-4-5-7-15(13)30-3/h4-10,16-18,24H,1-3H3,(H,28,29). The molecule has 2 heterocycles. The second kappa shape index (κ2) is 7.11. The zero-order valence-electron chi connectivity index (χ0n) is 16.7. The van der Waals surface area contributed by atoms with Gasteiger partial charge >= 0.3 is 5.97 Å². The van der Waals surface area contributed by atoms with Crippen LogP contribution in [0.1, 0.15) is 24.1 Å². The van der Waals surface area contributed by atoms with Gasteiger partial charge in [0.15, 0.2) is 0 Å². The smallest absolute Gasteiger partial charge is 0.324 e. The number of hydrogen-bond donors (Lipinski definition) is 2. The second-order valence-corrected chi connectivity index (χ2v) is 8.23. The first-order chi connectivity index (χ1) is 14.2. The minimum Gasteiger partial charge on any atom is -0.496 e. The number of nitrogens with one attached hydrogen (secondary N) is 1. The Balaban J connectivity index is 1.85. The van der Waals surface area contributed by atoms with Crippen LogP contribution in [0.5, 0.6) is 5.75 Å². The van der Waals surface area contributed by atoms with E-state index >= 15 is 0 Å². The maximum Gasteiger partial charge on any atom is 0.324 e. The van der Waals surface area contributed by atoms with Crippen molar-refractivity contribution < 1.29 is 24.2 Å². The van der Waals surface area contributed by atoms with Crippen molar-refractivity contribution in [3.8, 4) is 5.75 Å². The highest BCUT2D eigenvalue weighted by Gasteiger charge is 2.67. The fraction of sp³-hybridized carbons (Fsp3) is 0.318. The topological polar surface area (TPSA) is 95.9 Å². The van der Waals surface area contributed by atoms with Gasteiger partial charge in [-0.1, -0.05) is 35.9 Å². The van der Waals surface area contributed by atoms with Crippen molar-refractivity contribution in [2.45, 2.75) is 25.4 Å². The number of aliphatic carboxylic acids is 1. The Bertz CT molecular complexity index is 1070. The maximum atomic E-state index is 13.5. The number of carboxylic acid groups (broad SMARTS) is 1. The van der Waals surface area contributed by atoms with Crippen molar-refractivity contribution in [3.63, 3.8) is 0 Å². The molecule has 0 spiro atoms. The minimum absolute atomic E-state index is 0.335. The van der Waals surface area contributed by atoms with Crippen molar-refractivity contribution >= 4 is 35.1 Å². The van der Waals surface area contributed by atoms with E-state index in [-0.39, 0.29) is 0 Å². The number of para-hydroxylation sites is 1. The second-order valence-electron chi connectivity index (χ2n) is 7.82. The number of imide groups is 1. The van der Waals surface area contributed by atoms with Crippen LogP contribution < -0.4 is 15.0 Å². The summed E-state index contributed by atoms with van der Waals surface area (Å²) in [5, 5.41) is 13.4. The number of carbonyl (C=O) groups excluding carboxylic acids is 2. The highest BCUT2D eigenvalue weighted by atomic mass is 35.5. The third-order valence-electron chi connectivity index (χ3n) is 6.12. The molecule has 2 aliphatic heterocycles. The van der Waals surface area contributed by atoms with E-state index < -0.39 is 41.2 Å². The Morgan fingerprint density at radius 2 is 1.90 bits per heavy atom. The molecule has 156 valence electrons. The molecule has 7 nitrogen and oxygen atoms in total. The van der Waals surface area contributed by atoms with Gasteiger partial charge in [0.1, 0.15) is 11.3 Å². The molecule has 0 aliphatic carbocycles. The first-order valence-corrected chi connectivity index (χ1v) is 9.86. The van der Waals surface area contributed by atoms with Crippen LogP contribution in [-0.4, -0.2) is 35.5 Å². The molecular weight excluding hydrogens is 408 g/mol. The molecule has 0 saturated carbocycles. The van der Waals surface area contributed by atoms with Crippen molar-refractivity contribution in [1.82, 2.24) is 5.32 Å². The van der Waals surface area contributed by atoms with Crippen LogP contribution >= 0.6 is 11.6 Å². The third kappa shape index (κ3) is 2.80. The summed E-state index contributed by atoms with van der Waals surface area (Å²) < 4.78 is 5.42. The molecule has 2 amide bonds. The zero-order valence-corrected chi connectivity index (χ0v) is 17.4. The van der Waals surface area contributed by atoms with Crippen LogP contribution in [0, 0.1) is 18.8 Å². The summed E-state index contributed by atoms with van der Waals surface area (Å²) in [5.41, 5.74) is 0.154. The molecule has 2 saturated heterocycles. The fourth-order valence-electron chi connectivity index (χ4n) is 4.50. The molecule has 2 aliphatic rings. The fourth-order valence-corrected chi connectivity index (χ4v) is 4.68.